The third-order valence-corrected chi connectivity index (χ3v) is 2.71. The van der Waals surface area contributed by atoms with E-state index in [2.05, 4.69) is 11.8 Å². The highest BCUT2D eigenvalue weighted by Crippen LogP contribution is 2.11. The van der Waals surface area contributed by atoms with Crippen LogP contribution in [0.1, 0.15) is 64.7 Å². The van der Waals surface area contributed by atoms with Crippen molar-refractivity contribution >= 4 is 5.97 Å². The summed E-state index contributed by atoms with van der Waals surface area (Å²) in [5.41, 5.74) is 0. The summed E-state index contributed by atoms with van der Waals surface area (Å²) in [6, 6.07) is 0. The molecule has 0 radical (unpaired) electrons. The molecule has 0 aliphatic rings. The second kappa shape index (κ2) is 10.9. The van der Waals surface area contributed by atoms with Gasteiger partial charge in [-0.2, -0.15) is 0 Å². The van der Waals surface area contributed by atoms with Gasteiger partial charge in [0.05, 0.1) is 5.97 Å². The molecule has 0 heterocycles. The van der Waals surface area contributed by atoms with Gasteiger partial charge in [0.1, 0.15) is 6.10 Å². The molecule has 0 aromatic rings. The lowest BCUT2D eigenvalue weighted by atomic mass is 10.1. The molecule has 0 aliphatic heterocycles. The van der Waals surface area contributed by atoms with Crippen molar-refractivity contribution in [1.29, 1.82) is 0 Å². The maximum atomic E-state index is 10.4. The van der Waals surface area contributed by atoms with Gasteiger partial charge < -0.3 is 9.90 Å². The second-order valence-electron chi connectivity index (χ2n) is 4.18. The molecule has 0 aliphatic carbocycles. The highest BCUT2D eigenvalue weighted by Gasteiger charge is 2.08. The summed E-state index contributed by atoms with van der Waals surface area (Å²) < 4.78 is 0. The number of rotatable bonds is 11. The van der Waals surface area contributed by atoms with Gasteiger partial charge in [0.15, 0.2) is 0 Å². The molecule has 0 aromatic carbocycles. The molecule has 16 heavy (non-hydrogen) atoms. The molecule has 1 atom stereocenters. The number of hydrogen-bond acceptors (Lipinski definition) is 4. The number of carboxylic acid groups (broad SMARTS) is 1. The molecule has 0 fully saturated rings. The molecule has 4 heteroatoms. The quantitative estimate of drug-likeness (QED) is 0.336. The van der Waals surface area contributed by atoms with E-state index in [1.807, 2.05) is 0 Å². The van der Waals surface area contributed by atoms with Crippen molar-refractivity contribution in [2.75, 3.05) is 0 Å². The third-order valence-electron chi connectivity index (χ3n) is 2.71. The molecule has 0 saturated carbocycles. The maximum absolute atomic E-state index is 10.4. The van der Waals surface area contributed by atoms with Crippen molar-refractivity contribution in [3.8, 4) is 0 Å². The van der Waals surface area contributed by atoms with E-state index in [0.29, 0.717) is 6.42 Å². The Hall–Kier alpha value is -0.610. The molecule has 0 amide bonds. The Morgan fingerprint density at radius 3 is 2.06 bits per heavy atom. The van der Waals surface area contributed by atoms with Gasteiger partial charge in [-0.3, -0.25) is 5.26 Å². The average molecular weight is 231 g/mol. The summed E-state index contributed by atoms with van der Waals surface area (Å²) in [4.78, 5) is 14.2. The molecule has 0 unspecified atom stereocenters. The zero-order chi connectivity index (χ0) is 12.2. The fourth-order valence-electron chi connectivity index (χ4n) is 1.68. The fraction of sp³-hybridized carbons (Fsp3) is 0.917. The zero-order valence-electron chi connectivity index (χ0n) is 10.1. The fourth-order valence-corrected chi connectivity index (χ4v) is 1.68. The molecule has 0 aromatic heterocycles. The smallest absolute Gasteiger partial charge is 0.132 e. The highest BCUT2D eigenvalue weighted by molar-refractivity contribution is 5.69. The van der Waals surface area contributed by atoms with E-state index in [4.69, 9.17) is 5.26 Å². The van der Waals surface area contributed by atoms with Crippen LogP contribution in [-0.4, -0.2) is 17.3 Å². The number of aliphatic carboxylic acids is 1. The second-order valence-corrected chi connectivity index (χ2v) is 4.18. The summed E-state index contributed by atoms with van der Waals surface area (Å²) in [6.45, 7) is 2.19. The predicted molar refractivity (Wildman–Crippen MR) is 59.7 cm³/mol. The summed E-state index contributed by atoms with van der Waals surface area (Å²) >= 11 is 0. The molecule has 0 bridgehead atoms. The first kappa shape index (κ1) is 15.4. The van der Waals surface area contributed by atoms with Crippen LogP contribution in [0.25, 0.3) is 0 Å². The molecule has 4 nitrogen and oxygen atoms in total. The maximum Gasteiger partial charge on any atom is 0.132 e. The Kier molecular flexibility index (Phi) is 10.5. The van der Waals surface area contributed by atoms with Crippen molar-refractivity contribution in [2.24, 2.45) is 0 Å². The largest absolute Gasteiger partial charge is 0.547 e. The summed E-state index contributed by atoms with van der Waals surface area (Å²) in [7, 11) is 0. The zero-order valence-corrected chi connectivity index (χ0v) is 10.1. The van der Waals surface area contributed by atoms with Crippen LogP contribution in [0.15, 0.2) is 0 Å². The lowest BCUT2D eigenvalue weighted by molar-refractivity contribution is -0.348. The number of carboxylic acids is 1. The van der Waals surface area contributed by atoms with Crippen LogP contribution in [0.2, 0.25) is 0 Å². The standard InChI is InChI=1S/C12H24O4/c1-2-3-4-5-6-7-8-9-10-11(16-15)12(13)14/h11,15H,2-10H2,1H3,(H,13,14)/p-1/t11-/m1/s1. The van der Waals surface area contributed by atoms with Crippen LogP contribution >= 0.6 is 0 Å². The lowest BCUT2D eigenvalue weighted by Crippen LogP contribution is -2.36. The lowest BCUT2D eigenvalue weighted by Gasteiger charge is -2.13. The van der Waals surface area contributed by atoms with Crippen molar-refractivity contribution in [1.82, 2.24) is 0 Å². The minimum absolute atomic E-state index is 0.327. The van der Waals surface area contributed by atoms with Gasteiger partial charge in [0.2, 0.25) is 0 Å². The van der Waals surface area contributed by atoms with Gasteiger partial charge in [0.25, 0.3) is 0 Å². The minimum Gasteiger partial charge on any atom is -0.547 e. The SMILES string of the molecule is CCCCCCCCCC[C@@H](OO)C(=O)[O-]. The molecule has 0 rings (SSSR count). The number of hydrogen-bond donors (Lipinski definition) is 1. The first-order valence-electron chi connectivity index (χ1n) is 6.23. The average Bonchev–Trinajstić information content (AvgIpc) is 2.26. The van der Waals surface area contributed by atoms with Crippen LogP contribution in [0, 0.1) is 0 Å². The summed E-state index contributed by atoms with van der Waals surface area (Å²) in [5, 5.41) is 18.6. The Bertz CT molecular complexity index is 170. The first-order chi connectivity index (χ1) is 7.72. The molecule has 0 saturated heterocycles. The minimum atomic E-state index is -1.34. The Morgan fingerprint density at radius 1 is 1.12 bits per heavy atom. The van der Waals surface area contributed by atoms with E-state index in [9.17, 15) is 9.90 Å². The van der Waals surface area contributed by atoms with Crippen LogP contribution in [0.4, 0.5) is 0 Å². The van der Waals surface area contributed by atoms with Crippen molar-refractivity contribution in [3.05, 3.63) is 0 Å². The van der Waals surface area contributed by atoms with Crippen molar-refractivity contribution in [2.45, 2.75) is 70.8 Å². The van der Waals surface area contributed by atoms with Gasteiger partial charge in [0, 0.05) is 0 Å². The van der Waals surface area contributed by atoms with Crippen LogP contribution in [0.5, 0.6) is 0 Å². The van der Waals surface area contributed by atoms with Gasteiger partial charge in [-0.05, 0) is 6.42 Å². The molecular weight excluding hydrogens is 208 g/mol. The number of unbranched alkanes of at least 4 members (excludes halogenated alkanes) is 7. The third kappa shape index (κ3) is 8.68. The normalized spacial score (nSPS) is 12.6. The van der Waals surface area contributed by atoms with Crippen molar-refractivity contribution in [3.63, 3.8) is 0 Å². The Balaban J connectivity index is 3.22. The predicted octanol–water partition coefficient (Wildman–Crippen LogP) is 2.13. The van der Waals surface area contributed by atoms with Gasteiger partial charge in [-0.15, -0.1) is 0 Å². The molecule has 0 spiro atoms. The monoisotopic (exact) mass is 231 g/mol. The highest BCUT2D eigenvalue weighted by atomic mass is 17.1. The van der Waals surface area contributed by atoms with E-state index in [0.717, 1.165) is 19.3 Å². The molecule has 96 valence electrons. The summed E-state index contributed by atoms with van der Waals surface area (Å²) in [6.07, 6.45) is 8.32. The molecule has 1 N–H and O–H groups in total. The van der Waals surface area contributed by atoms with Gasteiger partial charge >= 0.3 is 0 Å². The van der Waals surface area contributed by atoms with Crippen molar-refractivity contribution < 1.29 is 20.0 Å². The van der Waals surface area contributed by atoms with E-state index in [-0.39, 0.29) is 0 Å². The Labute approximate surface area is 97.5 Å². The number of carbonyl (C=O) groups excluding carboxylic acids is 1. The van der Waals surface area contributed by atoms with Gasteiger partial charge in [-0.1, -0.05) is 58.3 Å². The summed E-state index contributed by atoms with van der Waals surface area (Å²) in [5.74, 6) is -1.34. The van der Waals surface area contributed by atoms with E-state index < -0.39 is 12.1 Å². The van der Waals surface area contributed by atoms with E-state index >= 15 is 0 Å². The molecular formula is C12H23O4-. The van der Waals surface area contributed by atoms with Crippen LogP contribution in [0.3, 0.4) is 0 Å². The van der Waals surface area contributed by atoms with E-state index in [1.165, 1.54) is 32.1 Å². The van der Waals surface area contributed by atoms with Gasteiger partial charge in [-0.25, -0.2) is 4.89 Å². The first-order valence-corrected chi connectivity index (χ1v) is 6.23. The van der Waals surface area contributed by atoms with Crippen LogP contribution in [-0.2, 0) is 9.68 Å². The van der Waals surface area contributed by atoms with E-state index in [1.54, 1.807) is 0 Å². The van der Waals surface area contributed by atoms with Crippen LogP contribution < -0.4 is 5.11 Å². The Morgan fingerprint density at radius 2 is 1.62 bits per heavy atom. The topological polar surface area (TPSA) is 69.6 Å². The number of carbonyl (C=O) groups is 1.